The zero-order valence-electron chi connectivity index (χ0n) is 10.8. The van der Waals surface area contributed by atoms with Crippen LogP contribution in [0, 0.1) is 0 Å². The summed E-state index contributed by atoms with van der Waals surface area (Å²) in [6.07, 6.45) is 2.98. The minimum Gasteiger partial charge on any atom is -0.478 e. The van der Waals surface area contributed by atoms with Crippen molar-refractivity contribution in [2.45, 2.75) is 9.92 Å². The average molecular weight is 324 g/mol. The van der Waals surface area contributed by atoms with Crippen LogP contribution in [0.2, 0.25) is 0 Å². The molecule has 0 unspecified atom stereocenters. The van der Waals surface area contributed by atoms with Crippen molar-refractivity contribution in [2.75, 3.05) is 11.5 Å². The molecule has 0 saturated heterocycles. The number of carboxylic acids is 1. The van der Waals surface area contributed by atoms with Gasteiger partial charge in [-0.1, -0.05) is 6.07 Å². The van der Waals surface area contributed by atoms with Gasteiger partial charge in [-0.15, -0.1) is 11.8 Å². The maximum Gasteiger partial charge on any atom is 0.335 e. The summed E-state index contributed by atoms with van der Waals surface area (Å²) in [5.74, 6) is -0.913. The molecule has 0 radical (unpaired) electrons. The van der Waals surface area contributed by atoms with E-state index in [1.807, 2.05) is 0 Å². The van der Waals surface area contributed by atoms with Crippen molar-refractivity contribution in [1.29, 1.82) is 0 Å². The zero-order valence-corrected chi connectivity index (χ0v) is 12.5. The maximum atomic E-state index is 12.2. The summed E-state index contributed by atoms with van der Waals surface area (Å²) >= 11 is 1.31. The normalized spacial score (nSPS) is 11.2. The van der Waals surface area contributed by atoms with Crippen LogP contribution in [0.1, 0.15) is 10.4 Å². The average Bonchev–Trinajstić information content (AvgIpc) is 2.48. The maximum absolute atomic E-state index is 12.2. The molecule has 0 aliphatic carbocycles. The number of aromatic carboxylic acids is 1. The lowest BCUT2D eigenvalue weighted by Crippen LogP contribution is -2.10. The van der Waals surface area contributed by atoms with Gasteiger partial charge in [-0.05, 0) is 24.3 Å². The highest BCUT2D eigenvalue weighted by Crippen LogP contribution is 2.18. The van der Waals surface area contributed by atoms with Gasteiger partial charge in [-0.25, -0.2) is 23.2 Å². The third kappa shape index (κ3) is 4.27. The molecule has 0 atom stereocenters. The van der Waals surface area contributed by atoms with Crippen molar-refractivity contribution in [3.63, 3.8) is 0 Å². The van der Waals surface area contributed by atoms with Crippen LogP contribution >= 0.6 is 11.8 Å². The van der Waals surface area contributed by atoms with Crippen molar-refractivity contribution in [1.82, 2.24) is 9.97 Å². The smallest absolute Gasteiger partial charge is 0.335 e. The lowest BCUT2D eigenvalue weighted by atomic mass is 10.2. The molecule has 8 heteroatoms. The highest BCUT2D eigenvalue weighted by Gasteiger charge is 2.16. The number of carboxylic acid groups (broad SMARTS) is 1. The number of aromatic nitrogens is 2. The topological polar surface area (TPSA) is 97.2 Å². The van der Waals surface area contributed by atoms with Crippen LogP contribution in [-0.2, 0) is 9.84 Å². The molecule has 1 heterocycles. The Balaban J connectivity index is 2.05. The van der Waals surface area contributed by atoms with Gasteiger partial charge in [0.2, 0.25) is 0 Å². The van der Waals surface area contributed by atoms with Crippen molar-refractivity contribution in [3.05, 3.63) is 48.4 Å². The Labute approximate surface area is 126 Å². The lowest BCUT2D eigenvalue weighted by molar-refractivity contribution is 0.0696. The second kappa shape index (κ2) is 6.68. The van der Waals surface area contributed by atoms with Crippen LogP contribution < -0.4 is 0 Å². The number of hydrogen-bond acceptors (Lipinski definition) is 6. The van der Waals surface area contributed by atoms with Crippen LogP contribution in [0.25, 0.3) is 0 Å². The van der Waals surface area contributed by atoms with Crippen LogP contribution in [0.4, 0.5) is 0 Å². The summed E-state index contributed by atoms with van der Waals surface area (Å²) in [6, 6.07) is 7.05. The SMILES string of the molecule is O=C(O)c1cccc(S(=O)(=O)CCSc2ccncn2)c1. The van der Waals surface area contributed by atoms with Crippen LogP contribution in [-0.4, -0.2) is 41.0 Å². The predicted molar refractivity (Wildman–Crippen MR) is 78.2 cm³/mol. The van der Waals surface area contributed by atoms with Crippen LogP contribution in [0.3, 0.4) is 0 Å². The molecule has 0 bridgehead atoms. The molecule has 0 aliphatic heterocycles. The first-order valence-corrected chi connectivity index (χ1v) is 8.58. The lowest BCUT2D eigenvalue weighted by Gasteiger charge is -2.05. The molecule has 1 N–H and O–H groups in total. The van der Waals surface area contributed by atoms with Crippen molar-refractivity contribution >= 4 is 27.6 Å². The highest BCUT2D eigenvalue weighted by molar-refractivity contribution is 8.00. The summed E-state index contributed by atoms with van der Waals surface area (Å²) < 4.78 is 24.3. The molecule has 2 aromatic rings. The third-order valence-corrected chi connectivity index (χ3v) is 5.51. The van der Waals surface area contributed by atoms with Gasteiger partial charge in [0.15, 0.2) is 9.84 Å². The molecule has 1 aromatic carbocycles. The Bertz CT molecular complexity index is 733. The molecule has 0 spiro atoms. The van der Waals surface area contributed by atoms with E-state index in [9.17, 15) is 13.2 Å². The Hall–Kier alpha value is -1.93. The fraction of sp³-hybridized carbons (Fsp3) is 0.154. The summed E-state index contributed by atoms with van der Waals surface area (Å²) in [7, 11) is -3.51. The van der Waals surface area contributed by atoms with E-state index in [0.29, 0.717) is 10.8 Å². The number of nitrogens with zero attached hydrogens (tertiary/aromatic N) is 2. The van der Waals surface area contributed by atoms with Crippen LogP contribution in [0.15, 0.2) is 52.8 Å². The van der Waals surface area contributed by atoms with Gasteiger partial charge in [0.25, 0.3) is 0 Å². The Kier molecular flexibility index (Phi) is 4.92. The third-order valence-electron chi connectivity index (χ3n) is 2.60. The first-order chi connectivity index (χ1) is 9.99. The molecule has 0 saturated carbocycles. The highest BCUT2D eigenvalue weighted by atomic mass is 32.2. The van der Waals surface area contributed by atoms with E-state index in [-0.39, 0.29) is 16.2 Å². The molecule has 0 fully saturated rings. The molecule has 0 aliphatic rings. The first-order valence-electron chi connectivity index (χ1n) is 5.94. The first kappa shape index (κ1) is 15.5. The van der Waals surface area contributed by atoms with Gasteiger partial charge in [0.05, 0.1) is 21.2 Å². The van der Waals surface area contributed by atoms with Gasteiger partial charge in [0.1, 0.15) is 6.33 Å². The Morgan fingerprint density at radius 2 is 2.10 bits per heavy atom. The molecule has 21 heavy (non-hydrogen) atoms. The molecule has 110 valence electrons. The number of hydrogen-bond donors (Lipinski definition) is 1. The Morgan fingerprint density at radius 1 is 1.29 bits per heavy atom. The fourth-order valence-electron chi connectivity index (χ4n) is 1.56. The summed E-state index contributed by atoms with van der Waals surface area (Å²) in [4.78, 5) is 18.7. The minimum atomic E-state index is -3.51. The number of carbonyl (C=O) groups is 1. The Morgan fingerprint density at radius 3 is 2.76 bits per heavy atom. The van der Waals surface area contributed by atoms with Crippen LogP contribution in [0.5, 0.6) is 0 Å². The molecule has 2 rings (SSSR count). The summed E-state index contributed by atoms with van der Waals surface area (Å²) in [5.41, 5.74) is -0.0421. The van der Waals surface area contributed by atoms with E-state index in [1.54, 1.807) is 12.3 Å². The second-order valence-electron chi connectivity index (χ2n) is 4.05. The van der Waals surface area contributed by atoms with E-state index in [0.717, 1.165) is 0 Å². The van der Waals surface area contributed by atoms with Gasteiger partial charge < -0.3 is 5.11 Å². The van der Waals surface area contributed by atoms with Crippen molar-refractivity contribution < 1.29 is 18.3 Å². The van der Waals surface area contributed by atoms with E-state index in [1.165, 1.54) is 42.4 Å². The molecular weight excluding hydrogens is 312 g/mol. The minimum absolute atomic E-state index is 0.0192. The largest absolute Gasteiger partial charge is 0.478 e. The van der Waals surface area contributed by atoms with E-state index < -0.39 is 15.8 Å². The van der Waals surface area contributed by atoms with Gasteiger partial charge in [-0.2, -0.15) is 0 Å². The molecule has 6 nitrogen and oxygen atoms in total. The standard InChI is InChI=1S/C13H12N2O4S2/c16-13(17)10-2-1-3-11(8-10)21(18,19)7-6-20-12-4-5-14-9-15-12/h1-5,8-9H,6-7H2,(H,16,17). The molecule has 1 aromatic heterocycles. The number of thioether (sulfide) groups is 1. The molecular formula is C13H12N2O4S2. The monoisotopic (exact) mass is 324 g/mol. The zero-order chi connectivity index (χ0) is 15.3. The van der Waals surface area contributed by atoms with Crippen molar-refractivity contribution in [3.8, 4) is 0 Å². The molecule has 0 amide bonds. The van der Waals surface area contributed by atoms with Gasteiger partial charge in [0, 0.05) is 11.9 Å². The van der Waals surface area contributed by atoms with Crippen molar-refractivity contribution in [2.24, 2.45) is 0 Å². The quantitative estimate of drug-likeness (QED) is 0.638. The fourth-order valence-corrected chi connectivity index (χ4v) is 4.09. The van der Waals surface area contributed by atoms with E-state index >= 15 is 0 Å². The number of sulfone groups is 1. The van der Waals surface area contributed by atoms with Gasteiger partial charge in [-0.3, -0.25) is 0 Å². The second-order valence-corrected chi connectivity index (χ2v) is 7.27. The number of rotatable bonds is 6. The number of benzene rings is 1. The summed E-state index contributed by atoms with van der Waals surface area (Å²) in [5, 5.41) is 9.58. The summed E-state index contributed by atoms with van der Waals surface area (Å²) in [6.45, 7) is 0. The van der Waals surface area contributed by atoms with Gasteiger partial charge >= 0.3 is 5.97 Å². The van der Waals surface area contributed by atoms with E-state index in [2.05, 4.69) is 9.97 Å². The predicted octanol–water partition coefficient (Wildman–Crippen LogP) is 1.74. The van der Waals surface area contributed by atoms with E-state index in [4.69, 9.17) is 5.11 Å².